The topological polar surface area (TPSA) is 58.4 Å². The minimum Gasteiger partial charge on any atom is -0.411 e. The van der Waals surface area contributed by atoms with Crippen LogP contribution in [0.1, 0.15) is 16.3 Å². The van der Waals surface area contributed by atoms with E-state index >= 15 is 0 Å². The summed E-state index contributed by atoms with van der Waals surface area (Å²) in [6.07, 6.45) is 6.77. The summed E-state index contributed by atoms with van der Waals surface area (Å²) in [5.41, 5.74) is 1.96. The Hall–Kier alpha value is -1.75. The van der Waals surface area contributed by atoms with Gasteiger partial charge in [0.25, 0.3) is 0 Å². The quantitative estimate of drug-likeness (QED) is 0.500. The average Bonchev–Trinajstić information content (AvgIpc) is 2.76. The SMILES string of the molecule is O/N=C\c1csc(CCc2ccncc2)n1. The predicted octanol–water partition coefficient (Wildman–Crippen LogP) is 2.13. The van der Waals surface area contributed by atoms with E-state index in [1.807, 2.05) is 17.5 Å². The van der Waals surface area contributed by atoms with Crippen LogP contribution in [0.5, 0.6) is 0 Å². The van der Waals surface area contributed by atoms with Crippen LogP contribution in [0.3, 0.4) is 0 Å². The van der Waals surface area contributed by atoms with Crippen LogP contribution in [0.2, 0.25) is 0 Å². The Morgan fingerprint density at radius 3 is 2.88 bits per heavy atom. The molecule has 0 saturated carbocycles. The first-order valence-electron chi connectivity index (χ1n) is 4.89. The van der Waals surface area contributed by atoms with Crippen LogP contribution in [-0.2, 0) is 12.8 Å². The van der Waals surface area contributed by atoms with E-state index in [1.165, 1.54) is 11.8 Å². The number of nitrogens with zero attached hydrogens (tertiary/aromatic N) is 3. The van der Waals surface area contributed by atoms with Gasteiger partial charge >= 0.3 is 0 Å². The first-order valence-corrected chi connectivity index (χ1v) is 5.77. The molecule has 82 valence electrons. The second-order valence-electron chi connectivity index (χ2n) is 3.27. The van der Waals surface area contributed by atoms with E-state index in [0.29, 0.717) is 5.69 Å². The van der Waals surface area contributed by atoms with E-state index in [2.05, 4.69) is 15.1 Å². The van der Waals surface area contributed by atoms with Crippen molar-refractivity contribution in [3.63, 3.8) is 0 Å². The van der Waals surface area contributed by atoms with Crippen molar-refractivity contribution in [2.75, 3.05) is 0 Å². The van der Waals surface area contributed by atoms with Gasteiger partial charge in [0, 0.05) is 24.2 Å². The van der Waals surface area contributed by atoms with Gasteiger partial charge in [0.2, 0.25) is 0 Å². The molecule has 1 N–H and O–H groups in total. The molecule has 0 radical (unpaired) electrons. The largest absolute Gasteiger partial charge is 0.411 e. The van der Waals surface area contributed by atoms with Crippen LogP contribution in [0.15, 0.2) is 35.1 Å². The van der Waals surface area contributed by atoms with Crippen molar-refractivity contribution in [3.8, 4) is 0 Å². The van der Waals surface area contributed by atoms with E-state index in [-0.39, 0.29) is 0 Å². The Morgan fingerprint density at radius 1 is 1.31 bits per heavy atom. The third-order valence-corrected chi connectivity index (χ3v) is 3.06. The molecule has 0 fully saturated rings. The second-order valence-corrected chi connectivity index (χ2v) is 4.21. The van der Waals surface area contributed by atoms with Gasteiger partial charge in [-0.1, -0.05) is 5.16 Å². The van der Waals surface area contributed by atoms with Crippen LogP contribution >= 0.6 is 11.3 Å². The molecular formula is C11H11N3OS. The molecule has 2 aromatic rings. The van der Waals surface area contributed by atoms with Crippen molar-refractivity contribution >= 4 is 17.6 Å². The minimum absolute atomic E-state index is 0.706. The van der Waals surface area contributed by atoms with Crippen molar-refractivity contribution in [2.24, 2.45) is 5.16 Å². The number of thiazole rings is 1. The standard InChI is InChI=1S/C11H11N3OS/c15-13-7-10-8-16-11(14-10)2-1-9-3-5-12-6-4-9/h3-8,15H,1-2H2/b13-7-. The normalized spacial score (nSPS) is 11.0. The lowest BCUT2D eigenvalue weighted by atomic mass is 10.1. The monoisotopic (exact) mass is 233 g/mol. The maximum atomic E-state index is 8.36. The molecule has 0 unspecified atom stereocenters. The van der Waals surface area contributed by atoms with Gasteiger partial charge in [-0.3, -0.25) is 4.98 Å². The first-order chi connectivity index (χ1) is 7.88. The molecule has 2 heterocycles. The molecule has 0 aliphatic carbocycles. The van der Waals surface area contributed by atoms with Crippen molar-refractivity contribution in [3.05, 3.63) is 46.2 Å². The predicted molar refractivity (Wildman–Crippen MR) is 63.1 cm³/mol. The van der Waals surface area contributed by atoms with Gasteiger partial charge in [-0.25, -0.2) is 4.98 Å². The lowest BCUT2D eigenvalue weighted by Gasteiger charge is -1.97. The molecule has 0 aromatic carbocycles. The number of oxime groups is 1. The Balaban J connectivity index is 1.94. The molecule has 16 heavy (non-hydrogen) atoms. The van der Waals surface area contributed by atoms with Crippen LogP contribution < -0.4 is 0 Å². The smallest absolute Gasteiger partial charge is 0.0958 e. The molecule has 4 nitrogen and oxygen atoms in total. The zero-order valence-corrected chi connectivity index (χ0v) is 9.39. The highest BCUT2D eigenvalue weighted by atomic mass is 32.1. The third-order valence-electron chi connectivity index (χ3n) is 2.14. The Labute approximate surface area is 97.3 Å². The highest BCUT2D eigenvalue weighted by Gasteiger charge is 2.01. The third kappa shape index (κ3) is 2.87. The van der Waals surface area contributed by atoms with Crippen LogP contribution in [0.25, 0.3) is 0 Å². The molecule has 0 amide bonds. The van der Waals surface area contributed by atoms with Gasteiger partial charge in [0.05, 0.1) is 16.9 Å². The Bertz CT molecular complexity index is 467. The lowest BCUT2D eigenvalue weighted by Crippen LogP contribution is -1.91. The van der Waals surface area contributed by atoms with Crippen LogP contribution in [0.4, 0.5) is 0 Å². The number of rotatable bonds is 4. The van der Waals surface area contributed by atoms with Gasteiger partial charge in [0.1, 0.15) is 0 Å². The lowest BCUT2D eigenvalue weighted by molar-refractivity contribution is 0.321. The molecule has 0 saturated heterocycles. The molecule has 0 bridgehead atoms. The van der Waals surface area contributed by atoms with E-state index in [0.717, 1.165) is 17.8 Å². The van der Waals surface area contributed by atoms with Gasteiger partial charge in [0.15, 0.2) is 0 Å². The highest BCUT2D eigenvalue weighted by molar-refractivity contribution is 7.09. The maximum Gasteiger partial charge on any atom is 0.0958 e. The molecule has 5 heteroatoms. The van der Waals surface area contributed by atoms with E-state index in [9.17, 15) is 0 Å². The van der Waals surface area contributed by atoms with Gasteiger partial charge in [-0.05, 0) is 24.1 Å². The van der Waals surface area contributed by atoms with E-state index in [4.69, 9.17) is 5.21 Å². The van der Waals surface area contributed by atoms with Crippen molar-refractivity contribution in [1.29, 1.82) is 0 Å². The van der Waals surface area contributed by atoms with Crippen molar-refractivity contribution in [2.45, 2.75) is 12.8 Å². The van der Waals surface area contributed by atoms with Gasteiger partial charge in [-0.15, -0.1) is 11.3 Å². The molecule has 0 spiro atoms. The number of hydrogen-bond acceptors (Lipinski definition) is 5. The molecular weight excluding hydrogens is 222 g/mol. The first kappa shape index (κ1) is 10.8. The van der Waals surface area contributed by atoms with Crippen LogP contribution in [0, 0.1) is 0 Å². The summed E-state index contributed by atoms with van der Waals surface area (Å²) in [6, 6.07) is 4.01. The summed E-state index contributed by atoms with van der Waals surface area (Å²) in [5, 5.41) is 14.2. The summed E-state index contributed by atoms with van der Waals surface area (Å²) in [7, 11) is 0. The molecule has 0 atom stereocenters. The second kappa shape index (κ2) is 5.37. The Kier molecular flexibility index (Phi) is 3.61. The number of aromatic nitrogens is 2. The summed E-state index contributed by atoms with van der Waals surface area (Å²) in [4.78, 5) is 8.28. The molecule has 0 aliphatic rings. The summed E-state index contributed by atoms with van der Waals surface area (Å²) >= 11 is 1.58. The Morgan fingerprint density at radius 2 is 2.12 bits per heavy atom. The van der Waals surface area contributed by atoms with Crippen LogP contribution in [-0.4, -0.2) is 21.4 Å². The van der Waals surface area contributed by atoms with Gasteiger partial charge < -0.3 is 5.21 Å². The minimum atomic E-state index is 0.706. The summed E-state index contributed by atoms with van der Waals surface area (Å²) < 4.78 is 0. The number of aryl methyl sites for hydroxylation is 2. The number of hydrogen-bond donors (Lipinski definition) is 1. The fourth-order valence-corrected chi connectivity index (χ4v) is 2.11. The van der Waals surface area contributed by atoms with E-state index < -0.39 is 0 Å². The van der Waals surface area contributed by atoms with Crippen molar-refractivity contribution in [1.82, 2.24) is 9.97 Å². The molecule has 0 aliphatic heterocycles. The van der Waals surface area contributed by atoms with E-state index in [1.54, 1.807) is 23.7 Å². The molecule has 2 aromatic heterocycles. The molecule has 2 rings (SSSR count). The highest BCUT2D eigenvalue weighted by Crippen LogP contribution is 2.11. The maximum absolute atomic E-state index is 8.36. The van der Waals surface area contributed by atoms with Gasteiger partial charge in [-0.2, -0.15) is 0 Å². The zero-order chi connectivity index (χ0) is 11.2. The van der Waals surface area contributed by atoms with Crippen molar-refractivity contribution < 1.29 is 5.21 Å². The summed E-state index contributed by atoms with van der Waals surface area (Å²) in [6.45, 7) is 0. The number of pyridine rings is 1. The average molecular weight is 233 g/mol. The summed E-state index contributed by atoms with van der Waals surface area (Å²) in [5.74, 6) is 0. The fourth-order valence-electron chi connectivity index (χ4n) is 1.36. The zero-order valence-electron chi connectivity index (χ0n) is 8.58. The fraction of sp³-hybridized carbons (Fsp3) is 0.182.